The number of benzene rings is 1. The number of rotatable bonds is 3. The van der Waals surface area contributed by atoms with Crippen LogP contribution in [0.2, 0.25) is 0 Å². The number of aliphatic hydroxyl groups excluding tert-OH is 1. The van der Waals surface area contributed by atoms with Gasteiger partial charge in [-0.3, -0.25) is 4.40 Å². The zero-order valence-corrected chi connectivity index (χ0v) is 11.9. The predicted octanol–water partition coefficient (Wildman–Crippen LogP) is 3.42. The second-order valence-corrected chi connectivity index (χ2v) is 4.73. The molecule has 0 aliphatic carbocycles. The number of hydrogen-bond donors (Lipinski definition) is 1. The standard InChI is InChI=1S/C16H13N5O/c1-11-15(20-19-14-7-3-2-5-12(14)9-17)21-8-4-6-13(10-22)16(21)18-11/h2-8,22H,10H2,1H3. The van der Waals surface area contributed by atoms with E-state index in [1.165, 1.54) is 0 Å². The molecular formula is C16H13N5O. The first-order valence-electron chi connectivity index (χ1n) is 6.73. The summed E-state index contributed by atoms with van der Waals surface area (Å²) < 4.78 is 1.78. The maximum absolute atomic E-state index is 9.37. The zero-order valence-electron chi connectivity index (χ0n) is 11.9. The van der Waals surface area contributed by atoms with Gasteiger partial charge in [0, 0.05) is 11.8 Å². The SMILES string of the molecule is Cc1nc2c(CO)cccn2c1N=Nc1ccccc1C#N. The van der Waals surface area contributed by atoms with Crippen LogP contribution in [0.5, 0.6) is 0 Å². The van der Waals surface area contributed by atoms with Crippen molar-refractivity contribution in [2.75, 3.05) is 0 Å². The second-order valence-electron chi connectivity index (χ2n) is 4.73. The molecule has 0 aliphatic heterocycles. The van der Waals surface area contributed by atoms with Crippen LogP contribution in [0, 0.1) is 18.3 Å². The summed E-state index contributed by atoms with van der Waals surface area (Å²) in [5, 5.41) is 26.8. The smallest absolute Gasteiger partial charge is 0.182 e. The first-order valence-corrected chi connectivity index (χ1v) is 6.73. The van der Waals surface area contributed by atoms with E-state index in [1.54, 1.807) is 28.7 Å². The Balaban J connectivity index is 2.10. The number of aliphatic hydroxyl groups is 1. The number of pyridine rings is 1. The molecular weight excluding hydrogens is 278 g/mol. The maximum atomic E-state index is 9.37. The Kier molecular flexibility index (Phi) is 3.64. The molecule has 0 spiro atoms. The third-order valence-corrected chi connectivity index (χ3v) is 3.32. The molecule has 3 aromatic rings. The average molecular weight is 291 g/mol. The Labute approximate surface area is 127 Å². The lowest BCUT2D eigenvalue weighted by molar-refractivity contribution is 0.282. The van der Waals surface area contributed by atoms with Crippen molar-refractivity contribution in [3.05, 3.63) is 59.4 Å². The normalized spacial score (nSPS) is 11.1. The Bertz CT molecular complexity index is 905. The molecule has 2 aromatic heterocycles. The van der Waals surface area contributed by atoms with Crippen molar-refractivity contribution >= 4 is 17.2 Å². The van der Waals surface area contributed by atoms with Crippen molar-refractivity contribution in [3.63, 3.8) is 0 Å². The summed E-state index contributed by atoms with van der Waals surface area (Å²) >= 11 is 0. The number of nitrogens with zero attached hydrogens (tertiary/aromatic N) is 5. The minimum absolute atomic E-state index is 0.0886. The van der Waals surface area contributed by atoms with Gasteiger partial charge < -0.3 is 5.11 Å². The van der Waals surface area contributed by atoms with E-state index in [-0.39, 0.29) is 6.61 Å². The molecule has 6 nitrogen and oxygen atoms in total. The van der Waals surface area contributed by atoms with Crippen molar-refractivity contribution < 1.29 is 5.11 Å². The van der Waals surface area contributed by atoms with Crippen LogP contribution in [-0.2, 0) is 6.61 Å². The molecule has 22 heavy (non-hydrogen) atoms. The molecule has 108 valence electrons. The minimum Gasteiger partial charge on any atom is -0.392 e. The predicted molar refractivity (Wildman–Crippen MR) is 81.2 cm³/mol. The lowest BCUT2D eigenvalue weighted by Crippen LogP contribution is -1.90. The van der Waals surface area contributed by atoms with E-state index >= 15 is 0 Å². The molecule has 0 atom stereocenters. The van der Waals surface area contributed by atoms with Crippen molar-refractivity contribution in [3.8, 4) is 6.07 Å². The molecule has 0 aliphatic rings. The Morgan fingerprint density at radius 3 is 2.82 bits per heavy atom. The van der Waals surface area contributed by atoms with Crippen molar-refractivity contribution in [1.29, 1.82) is 5.26 Å². The van der Waals surface area contributed by atoms with Crippen LogP contribution in [0.25, 0.3) is 5.65 Å². The van der Waals surface area contributed by atoms with Crippen LogP contribution < -0.4 is 0 Å². The first-order chi connectivity index (χ1) is 10.7. The van der Waals surface area contributed by atoms with Gasteiger partial charge in [0.1, 0.15) is 17.4 Å². The molecule has 6 heteroatoms. The Morgan fingerprint density at radius 2 is 2.05 bits per heavy atom. The molecule has 2 heterocycles. The van der Waals surface area contributed by atoms with Crippen LogP contribution in [0.4, 0.5) is 11.5 Å². The van der Waals surface area contributed by atoms with E-state index in [4.69, 9.17) is 5.26 Å². The third-order valence-electron chi connectivity index (χ3n) is 3.32. The van der Waals surface area contributed by atoms with Gasteiger partial charge in [0.15, 0.2) is 5.82 Å². The fourth-order valence-electron chi connectivity index (χ4n) is 2.23. The summed E-state index contributed by atoms with van der Waals surface area (Å²) in [7, 11) is 0. The Morgan fingerprint density at radius 1 is 1.23 bits per heavy atom. The van der Waals surface area contributed by atoms with Crippen LogP contribution in [0.3, 0.4) is 0 Å². The van der Waals surface area contributed by atoms with E-state index in [0.717, 1.165) is 5.56 Å². The quantitative estimate of drug-likeness (QED) is 0.750. The van der Waals surface area contributed by atoms with Crippen LogP contribution in [0.1, 0.15) is 16.8 Å². The fraction of sp³-hybridized carbons (Fsp3) is 0.125. The Hall–Kier alpha value is -3.04. The molecule has 0 unspecified atom stereocenters. The number of azo groups is 1. The average Bonchev–Trinajstić information content (AvgIpc) is 2.88. The first kappa shape index (κ1) is 13.9. The summed E-state index contributed by atoms with van der Waals surface area (Å²) in [6.45, 7) is 1.74. The van der Waals surface area contributed by atoms with Crippen LogP contribution >= 0.6 is 0 Å². The number of imidazole rings is 1. The van der Waals surface area contributed by atoms with Crippen molar-refractivity contribution in [1.82, 2.24) is 9.38 Å². The molecule has 0 amide bonds. The second kappa shape index (κ2) is 5.76. The highest BCUT2D eigenvalue weighted by molar-refractivity contribution is 5.57. The van der Waals surface area contributed by atoms with Gasteiger partial charge >= 0.3 is 0 Å². The summed E-state index contributed by atoms with van der Waals surface area (Å²) in [5.74, 6) is 0.582. The van der Waals surface area contributed by atoms with Gasteiger partial charge in [0.25, 0.3) is 0 Å². The lowest BCUT2D eigenvalue weighted by atomic mass is 10.2. The number of aryl methyl sites for hydroxylation is 1. The van der Waals surface area contributed by atoms with Crippen molar-refractivity contribution in [2.24, 2.45) is 10.2 Å². The molecule has 3 rings (SSSR count). The van der Waals surface area contributed by atoms with Gasteiger partial charge in [-0.05, 0) is 25.1 Å². The monoisotopic (exact) mass is 291 g/mol. The zero-order chi connectivity index (χ0) is 15.5. The molecule has 0 saturated heterocycles. The van der Waals surface area contributed by atoms with Crippen LogP contribution in [-0.4, -0.2) is 14.5 Å². The van der Waals surface area contributed by atoms with Gasteiger partial charge in [-0.1, -0.05) is 18.2 Å². The minimum atomic E-state index is -0.0886. The molecule has 0 fully saturated rings. The van der Waals surface area contributed by atoms with Gasteiger partial charge in [-0.2, -0.15) is 5.26 Å². The molecule has 0 saturated carbocycles. The number of nitriles is 1. The van der Waals surface area contributed by atoms with Crippen molar-refractivity contribution in [2.45, 2.75) is 13.5 Å². The molecule has 0 bridgehead atoms. The van der Waals surface area contributed by atoms with Gasteiger partial charge in [-0.15, -0.1) is 10.2 Å². The largest absolute Gasteiger partial charge is 0.392 e. The number of hydrogen-bond acceptors (Lipinski definition) is 5. The van der Waals surface area contributed by atoms with E-state index in [9.17, 15) is 5.11 Å². The number of fused-ring (bicyclic) bond motifs is 1. The van der Waals surface area contributed by atoms with E-state index in [2.05, 4.69) is 21.3 Å². The van der Waals surface area contributed by atoms with E-state index in [1.807, 2.05) is 25.3 Å². The van der Waals surface area contributed by atoms with E-state index < -0.39 is 0 Å². The summed E-state index contributed by atoms with van der Waals surface area (Å²) in [6.07, 6.45) is 1.82. The van der Waals surface area contributed by atoms with Gasteiger partial charge in [0.05, 0.1) is 17.9 Å². The summed E-state index contributed by atoms with van der Waals surface area (Å²) in [5.41, 5.74) is 3.07. The van der Waals surface area contributed by atoms with Crippen LogP contribution in [0.15, 0.2) is 52.8 Å². The fourth-order valence-corrected chi connectivity index (χ4v) is 2.23. The molecule has 0 radical (unpaired) electrons. The third kappa shape index (κ3) is 2.34. The van der Waals surface area contributed by atoms with E-state index in [0.29, 0.717) is 28.4 Å². The highest BCUT2D eigenvalue weighted by atomic mass is 16.3. The molecule has 1 N–H and O–H groups in total. The molecule has 1 aromatic carbocycles. The highest BCUT2D eigenvalue weighted by Crippen LogP contribution is 2.26. The highest BCUT2D eigenvalue weighted by Gasteiger charge is 2.11. The summed E-state index contributed by atoms with van der Waals surface area (Å²) in [6, 6.07) is 12.7. The lowest BCUT2D eigenvalue weighted by Gasteiger charge is -2.00. The summed E-state index contributed by atoms with van der Waals surface area (Å²) in [4.78, 5) is 4.42. The van der Waals surface area contributed by atoms with Gasteiger partial charge in [0.2, 0.25) is 0 Å². The topological polar surface area (TPSA) is 86.0 Å². The number of aromatic nitrogens is 2. The maximum Gasteiger partial charge on any atom is 0.182 e. The van der Waals surface area contributed by atoms with Gasteiger partial charge in [-0.25, -0.2) is 4.98 Å².